The van der Waals surface area contributed by atoms with Gasteiger partial charge in [-0.15, -0.1) is 11.3 Å². The third kappa shape index (κ3) is 3.48. The molecule has 19 heavy (non-hydrogen) atoms. The molecular weight excluding hydrogens is 296 g/mol. The summed E-state index contributed by atoms with van der Waals surface area (Å²) in [4.78, 5) is 14.4. The minimum atomic E-state index is -3.90. The fourth-order valence-electron chi connectivity index (χ4n) is 1.49. The first-order valence-corrected chi connectivity index (χ1v) is 7.73. The predicted molar refractivity (Wildman–Crippen MR) is 64.8 cm³/mol. The van der Waals surface area contributed by atoms with E-state index in [9.17, 15) is 13.2 Å². The zero-order chi connectivity index (χ0) is 13.9. The van der Waals surface area contributed by atoms with Crippen molar-refractivity contribution in [3.63, 3.8) is 0 Å². The number of aromatic carboxylic acids is 1. The average molecular weight is 308 g/mol. The van der Waals surface area contributed by atoms with Gasteiger partial charge in [-0.2, -0.15) is 0 Å². The molecule has 1 unspecified atom stereocenters. The van der Waals surface area contributed by atoms with Gasteiger partial charge in [0.2, 0.25) is 0 Å². The number of rotatable bonds is 5. The van der Waals surface area contributed by atoms with Crippen LogP contribution < -0.4 is 4.72 Å². The Morgan fingerprint density at radius 2 is 2.37 bits per heavy atom. The quantitative estimate of drug-likeness (QED) is 0.756. The monoisotopic (exact) mass is 308 g/mol. The number of nitrogens with zero attached hydrogens (tertiary/aromatic N) is 1. The Bertz CT molecular complexity index is 549. The molecule has 0 amide bonds. The molecule has 2 N–H and O–H groups in total. The minimum absolute atomic E-state index is 0.0271. The second-order valence-electron chi connectivity index (χ2n) is 3.71. The molecule has 1 aromatic heterocycles. The normalized spacial score (nSPS) is 20.3. The molecule has 0 aromatic carbocycles. The largest absolute Gasteiger partial charge is 0.476 e. The molecule has 0 aliphatic carbocycles. The van der Waals surface area contributed by atoms with Crippen molar-refractivity contribution in [2.45, 2.75) is 10.3 Å². The van der Waals surface area contributed by atoms with Crippen LogP contribution in [0.4, 0.5) is 0 Å². The summed E-state index contributed by atoms with van der Waals surface area (Å²) >= 11 is 0.757. The number of aromatic nitrogens is 1. The molecule has 2 heterocycles. The standard InChI is InChI=1S/C9H12N2O6S2/c12-8(13)7-9(18-5-10-7)19(14,15)11-3-6-4-16-1-2-17-6/h5-6,11H,1-4H2,(H,12,13). The molecule has 0 spiro atoms. The molecule has 10 heteroatoms. The van der Waals surface area contributed by atoms with Gasteiger partial charge in [0.1, 0.15) is 0 Å². The fraction of sp³-hybridized carbons (Fsp3) is 0.556. The second kappa shape index (κ2) is 5.92. The minimum Gasteiger partial charge on any atom is -0.476 e. The second-order valence-corrected chi connectivity index (χ2v) is 6.53. The van der Waals surface area contributed by atoms with E-state index in [1.807, 2.05) is 0 Å². The van der Waals surface area contributed by atoms with E-state index in [4.69, 9.17) is 14.6 Å². The van der Waals surface area contributed by atoms with E-state index in [2.05, 4.69) is 9.71 Å². The number of hydrogen-bond acceptors (Lipinski definition) is 7. The lowest BCUT2D eigenvalue weighted by Crippen LogP contribution is -2.39. The summed E-state index contributed by atoms with van der Waals surface area (Å²) < 4.78 is 36.3. The van der Waals surface area contributed by atoms with E-state index in [-0.39, 0.29) is 16.9 Å². The zero-order valence-corrected chi connectivity index (χ0v) is 11.4. The molecule has 1 aliphatic heterocycles. The highest BCUT2D eigenvalue weighted by molar-refractivity contribution is 7.91. The molecule has 1 aromatic rings. The SMILES string of the molecule is O=C(O)c1ncsc1S(=O)(=O)NCC1COCCO1. The van der Waals surface area contributed by atoms with Crippen molar-refractivity contribution in [1.29, 1.82) is 0 Å². The smallest absolute Gasteiger partial charge is 0.356 e. The van der Waals surface area contributed by atoms with E-state index >= 15 is 0 Å². The van der Waals surface area contributed by atoms with Gasteiger partial charge in [-0.25, -0.2) is 22.9 Å². The van der Waals surface area contributed by atoms with Gasteiger partial charge in [0.15, 0.2) is 9.90 Å². The number of carboxylic acid groups (broad SMARTS) is 1. The molecule has 8 nitrogen and oxygen atoms in total. The Morgan fingerprint density at radius 3 is 3.00 bits per heavy atom. The zero-order valence-electron chi connectivity index (χ0n) is 9.74. The van der Waals surface area contributed by atoms with Crippen LogP contribution in [0.3, 0.4) is 0 Å². The summed E-state index contributed by atoms with van der Waals surface area (Å²) in [5.41, 5.74) is 0.705. The van der Waals surface area contributed by atoms with Crippen molar-refractivity contribution >= 4 is 27.3 Å². The predicted octanol–water partition coefficient (Wildman–Crippen LogP) is -0.465. The topological polar surface area (TPSA) is 115 Å². The van der Waals surface area contributed by atoms with Gasteiger partial charge < -0.3 is 14.6 Å². The number of nitrogens with one attached hydrogen (secondary N) is 1. The van der Waals surface area contributed by atoms with Gasteiger partial charge in [-0.05, 0) is 0 Å². The summed E-state index contributed by atoms with van der Waals surface area (Å²) in [5, 5.41) is 8.84. The Labute approximate surface area is 113 Å². The molecule has 106 valence electrons. The summed E-state index contributed by atoms with van der Waals surface area (Å²) in [5.74, 6) is -1.38. The number of ether oxygens (including phenoxy) is 2. The summed E-state index contributed by atoms with van der Waals surface area (Å²) in [7, 11) is -3.90. The Balaban J connectivity index is 2.05. The van der Waals surface area contributed by atoms with Crippen molar-refractivity contribution in [2.75, 3.05) is 26.4 Å². The lowest BCUT2D eigenvalue weighted by atomic mass is 10.3. The first-order valence-electron chi connectivity index (χ1n) is 5.36. The third-order valence-corrected chi connectivity index (χ3v) is 5.16. The summed E-state index contributed by atoms with van der Waals surface area (Å²) in [6.45, 7) is 1.23. The van der Waals surface area contributed by atoms with E-state index in [0.29, 0.717) is 19.8 Å². The maximum absolute atomic E-state index is 12.0. The van der Waals surface area contributed by atoms with Gasteiger partial charge in [-0.3, -0.25) is 0 Å². The molecular formula is C9H12N2O6S2. The molecule has 0 saturated carbocycles. The Hall–Kier alpha value is -1.07. The molecule has 0 bridgehead atoms. The van der Waals surface area contributed by atoms with E-state index in [1.54, 1.807) is 0 Å². The number of hydrogen-bond donors (Lipinski definition) is 2. The number of carbonyl (C=O) groups is 1. The lowest BCUT2D eigenvalue weighted by Gasteiger charge is -2.22. The molecule has 1 aliphatic rings. The highest BCUT2D eigenvalue weighted by Gasteiger charge is 2.27. The van der Waals surface area contributed by atoms with Crippen molar-refractivity contribution in [1.82, 2.24) is 9.71 Å². The van der Waals surface area contributed by atoms with E-state index < -0.39 is 21.7 Å². The molecule has 1 fully saturated rings. The third-order valence-electron chi connectivity index (χ3n) is 2.37. The van der Waals surface area contributed by atoms with Gasteiger partial charge >= 0.3 is 5.97 Å². The van der Waals surface area contributed by atoms with Crippen LogP contribution >= 0.6 is 11.3 Å². The lowest BCUT2D eigenvalue weighted by molar-refractivity contribution is -0.0846. The van der Waals surface area contributed by atoms with Crippen LogP contribution in [0, 0.1) is 0 Å². The number of sulfonamides is 1. The fourth-order valence-corrected chi connectivity index (χ4v) is 3.74. The number of thiazole rings is 1. The molecule has 0 radical (unpaired) electrons. The maximum Gasteiger partial charge on any atom is 0.356 e. The van der Waals surface area contributed by atoms with Crippen LogP contribution in [0.1, 0.15) is 10.5 Å². The van der Waals surface area contributed by atoms with Crippen molar-refractivity contribution in [3.05, 3.63) is 11.2 Å². The van der Waals surface area contributed by atoms with Crippen molar-refractivity contribution in [3.8, 4) is 0 Å². The van der Waals surface area contributed by atoms with Gasteiger partial charge in [0.25, 0.3) is 10.0 Å². The van der Waals surface area contributed by atoms with Crippen LogP contribution in [0.25, 0.3) is 0 Å². The van der Waals surface area contributed by atoms with Crippen LogP contribution in [-0.2, 0) is 19.5 Å². The maximum atomic E-state index is 12.0. The first kappa shape index (κ1) is 14.3. The van der Waals surface area contributed by atoms with E-state index in [1.165, 1.54) is 5.51 Å². The van der Waals surface area contributed by atoms with Crippen LogP contribution in [0.5, 0.6) is 0 Å². The van der Waals surface area contributed by atoms with Crippen LogP contribution in [0.15, 0.2) is 9.72 Å². The highest BCUT2D eigenvalue weighted by Crippen LogP contribution is 2.19. The number of carboxylic acids is 1. The van der Waals surface area contributed by atoms with Gasteiger partial charge in [-0.1, -0.05) is 0 Å². The van der Waals surface area contributed by atoms with Crippen molar-refractivity contribution < 1.29 is 27.8 Å². The van der Waals surface area contributed by atoms with Crippen LogP contribution in [-0.4, -0.2) is 56.9 Å². The average Bonchev–Trinajstić information content (AvgIpc) is 2.88. The highest BCUT2D eigenvalue weighted by atomic mass is 32.2. The summed E-state index contributed by atoms with van der Waals surface area (Å²) in [6.07, 6.45) is -0.371. The van der Waals surface area contributed by atoms with Crippen LogP contribution in [0.2, 0.25) is 0 Å². The van der Waals surface area contributed by atoms with Crippen molar-refractivity contribution in [2.24, 2.45) is 0 Å². The Kier molecular flexibility index (Phi) is 4.47. The molecule has 1 saturated heterocycles. The Morgan fingerprint density at radius 1 is 1.58 bits per heavy atom. The first-order chi connectivity index (χ1) is 9.00. The van der Waals surface area contributed by atoms with E-state index in [0.717, 1.165) is 11.3 Å². The van der Waals surface area contributed by atoms with Gasteiger partial charge in [0, 0.05) is 6.54 Å². The summed E-state index contributed by atoms with van der Waals surface area (Å²) in [6, 6.07) is 0. The molecule has 1 atom stereocenters. The molecule has 2 rings (SSSR count). The van der Waals surface area contributed by atoms with Gasteiger partial charge in [0.05, 0.1) is 31.4 Å².